The highest BCUT2D eigenvalue weighted by atomic mass is 16.5. The maximum absolute atomic E-state index is 12.5. The first-order chi connectivity index (χ1) is 9.71. The molecule has 0 spiro atoms. The number of aromatic nitrogens is 3. The van der Waals surface area contributed by atoms with E-state index in [2.05, 4.69) is 20.3 Å². The SMILES string of the molecule is Cc1cccnc1C(=O)NC1(c2ncc[nH]2)CCOC1. The zero-order chi connectivity index (χ0) is 14.0. The molecule has 0 aliphatic carbocycles. The zero-order valence-electron chi connectivity index (χ0n) is 11.2. The summed E-state index contributed by atoms with van der Waals surface area (Å²) in [5.41, 5.74) is 0.689. The quantitative estimate of drug-likeness (QED) is 0.878. The van der Waals surface area contributed by atoms with Gasteiger partial charge in [0.05, 0.1) is 6.61 Å². The Hall–Kier alpha value is -2.21. The Morgan fingerprint density at radius 1 is 1.45 bits per heavy atom. The molecular formula is C14H16N4O2. The molecule has 1 unspecified atom stereocenters. The van der Waals surface area contributed by atoms with Gasteiger partial charge in [-0.25, -0.2) is 4.98 Å². The van der Waals surface area contributed by atoms with Crippen LogP contribution in [0.4, 0.5) is 0 Å². The Kier molecular flexibility index (Phi) is 3.23. The van der Waals surface area contributed by atoms with Gasteiger partial charge in [-0.15, -0.1) is 0 Å². The summed E-state index contributed by atoms with van der Waals surface area (Å²) >= 11 is 0. The van der Waals surface area contributed by atoms with E-state index in [-0.39, 0.29) is 5.91 Å². The zero-order valence-corrected chi connectivity index (χ0v) is 11.2. The molecule has 1 aliphatic heterocycles. The lowest BCUT2D eigenvalue weighted by molar-refractivity contribution is 0.0863. The molecule has 3 rings (SSSR count). The number of rotatable bonds is 3. The number of nitrogens with one attached hydrogen (secondary N) is 2. The summed E-state index contributed by atoms with van der Waals surface area (Å²) < 4.78 is 5.46. The summed E-state index contributed by atoms with van der Waals surface area (Å²) in [4.78, 5) is 23.9. The molecule has 2 aromatic heterocycles. The molecule has 6 nitrogen and oxygen atoms in total. The lowest BCUT2D eigenvalue weighted by atomic mass is 9.97. The van der Waals surface area contributed by atoms with Crippen molar-refractivity contribution in [2.24, 2.45) is 0 Å². The van der Waals surface area contributed by atoms with Gasteiger partial charge in [0.15, 0.2) is 0 Å². The summed E-state index contributed by atoms with van der Waals surface area (Å²) in [6.45, 7) is 2.88. The Labute approximate surface area is 116 Å². The molecule has 2 aromatic rings. The van der Waals surface area contributed by atoms with E-state index in [0.717, 1.165) is 11.4 Å². The van der Waals surface area contributed by atoms with Crippen molar-refractivity contribution in [1.29, 1.82) is 0 Å². The third kappa shape index (κ3) is 2.18. The summed E-state index contributed by atoms with van der Waals surface area (Å²) in [6.07, 6.45) is 5.73. The number of nitrogens with zero attached hydrogens (tertiary/aromatic N) is 2. The molecular weight excluding hydrogens is 256 g/mol. The molecule has 1 atom stereocenters. The number of carbonyl (C=O) groups excluding carboxylic acids is 1. The monoisotopic (exact) mass is 272 g/mol. The van der Waals surface area contributed by atoms with Gasteiger partial charge in [0.25, 0.3) is 5.91 Å². The first kappa shape index (κ1) is 12.8. The minimum Gasteiger partial charge on any atom is -0.378 e. The van der Waals surface area contributed by atoms with E-state index in [1.165, 1.54) is 0 Å². The average Bonchev–Trinajstić information content (AvgIpc) is 3.10. The fourth-order valence-electron chi connectivity index (χ4n) is 2.44. The molecule has 0 radical (unpaired) electrons. The molecule has 1 fully saturated rings. The number of carbonyl (C=O) groups is 1. The minimum atomic E-state index is -0.593. The second-order valence-electron chi connectivity index (χ2n) is 4.95. The molecule has 0 aromatic carbocycles. The van der Waals surface area contributed by atoms with Gasteiger partial charge in [0.1, 0.15) is 17.1 Å². The topological polar surface area (TPSA) is 79.9 Å². The number of pyridine rings is 1. The Morgan fingerprint density at radius 3 is 3.00 bits per heavy atom. The number of ether oxygens (including phenoxy) is 1. The molecule has 1 amide bonds. The summed E-state index contributed by atoms with van der Waals surface area (Å²) in [7, 11) is 0. The van der Waals surface area contributed by atoms with Crippen LogP contribution in [0.5, 0.6) is 0 Å². The predicted octanol–water partition coefficient (Wildman–Crippen LogP) is 1.16. The van der Waals surface area contributed by atoms with Crippen molar-refractivity contribution in [3.8, 4) is 0 Å². The van der Waals surface area contributed by atoms with Crippen LogP contribution in [0, 0.1) is 6.92 Å². The van der Waals surface area contributed by atoms with Crippen LogP contribution in [0.3, 0.4) is 0 Å². The van der Waals surface area contributed by atoms with Gasteiger partial charge < -0.3 is 15.0 Å². The van der Waals surface area contributed by atoms with Gasteiger partial charge >= 0.3 is 0 Å². The van der Waals surface area contributed by atoms with Crippen molar-refractivity contribution >= 4 is 5.91 Å². The van der Waals surface area contributed by atoms with Gasteiger partial charge in [0, 0.05) is 31.6 Å². The normalized spacial score (nSPS) is 21.9. The van der Waals surface area contributed by atoms with Crippen LogP contribution in [0.1, 0.15) is 28.3 Å². The maximum Gasteiger partial charge on any atom is 0.271 e. The third-order valence-electron chi connectivity index (χ3n) is 3.55. The maximum atomic E-state index is 12.5. The average molecular weight is 272 g/mol. The number of H-pyrrole nitrogens is 1. The number of hydrogen-bond acceptors (Lipinski definition) is 4. The molecule has 104 valence electrons. The van der Waals surface area contributed by atoms with Crippen molar-refractivity contribution < 1.29 is 9.53 Å². The molecule has 2 N–H and O–H groups in total. The van der Waals surface area contributed by atoms with Gasteiger partial charge in [-0.3, -0.25) is 9.78 Å². The van der Waals surface area contributed by atoms with E-state index >= 15 is 0 Å². The van der Waals surface area contributed by atoms with E-state index in [0.29, 0.717) is 25.3 Å². The van der Waals surface area contributed by atoms with Gasteiger partial charge in [-0.2, -0.15) is 0 Å². The molecule has 0 bridgehead atoms. The minimum absolute atomic E-state index is 0.204. The molecule has 20 heavy (non-hydrogen) atoms. The van der Waals surface area contributed by atoms with Crippen molar-refractivity contribution in [3.63, 3.8) is 0 Å². The second kappa shape index (κ2) is 5.05. The van der Waals surface area contributed by atoms with E-state index < -0.39 is 5.54 Å². The van der Waals surface area contributed by atoms with Crippen LogP contribution in [-0.4, -0.2) is 34.1 Å². The predicted molar refractivity (Wildman–Crippen MR) is 72.1 cm³/mol. The van der Waals surface area contributed by atoms with Crippen LogP contribution in [0.2, 0.25) is 0 Å². The number of aryl methyl sites for hydroxylation is 1. The van der Waals surface area contributed by atoms with E-state index in [1.54, 1.807) is 18.6 Å². The van der Waals surface area contributed by atoms with Crippen LogP contribution in [0.15, 0.2) is 30.7 Å². The Balaban J connectivity index is 1.88. The lowest BCUT2D eigenvalue weighted by Gasteiger charge is -2.26. The standard InChI is InChI=1S/C14H16N4O2/c1-10-3-2-5-15-11(10)12(19)18-14(4-8-20-9-14)13-16-6-7-17-13/h2-3,5-7H,4,8-9H2,1H3,(H,16,17)(H,18,19). The molecule has 3 heterocycles. The molecule has 1 saturated heterocycles. The van der Waals surface area contributed by atoms with Crippen molar-refractivity contribution in [2.45, 2.75) is 18.9 Å². The summed E-state index contributed by atoms with van der Waals surface area (Å²) in [5.74, 6) is 0.516. The third-order valence-corrected chi connectivity index (χ3v) is 3.55. The summed E-state index contributed by atoms with van der Waals surface area (Å²) in [6, 6.07) is 3.68. The largest absolute Gasteiger partial charge is 0.378 e. The van der Waals surface area contributed by atoms with Gasteiger partial charge in [-0.1, -0.05) is 6.07 Å². The van der Waals surface area contributed by atoms with Crippen LogP contribution >= 0.6 is 0 Å². The van der Waals surface area contributed by atoms with Crippen LogP contribution in [-0.2, 0) is 10.3 Å². The fourth-order valence-corrected chi connectivity index (χ4v) is 2.44. The number of hydrogen-bond donors (Lipinski definition) is 2. The lowest BCUT2D eigenvalue weighted by Crippen LogP contribution is -2.47. The number of imidazole rings is 1. The molecule has 1 aliphatic rings. The van der Waals surface area contributed by atoms with Crippen LogP contribution in [0.25, 0.3) is 0 Å². The molecule has 6 heteroatoms. The number of amides is 1. The highest BCUT2D eigenvalue weighted by molar-refractivity contribution is 5.94. The number of aromatic amines is 1. The molecule has 0 saturated carbocycles. The highest BCUT2D eigenvalue weighted by Crippen LogP contribution is 2.28. The van der Waals surface area contributed by atoms with Gasteiger partial charge in [-0.05, 0) is 18.6 Å². The highest BCUT2D eigenvalue weighted by Gasteiger charge is 2.41. The van der Waals surface area contributed by atoms with E-state index in [4.69, 9.17) is 4.74 Å². The van der Waals surface area contributed by atoms with Gasteiger partial charge in [0.2, 0.25) is 0 Å². The van der Waals surface area contributed by atoms with E-state index in [1.807, 2.05) is 19.1 Å². The summed E-state index contributed by atoms with van der Waals surface area (Å²) in [5, 5.41) is 3.03. The van der Waals surface area contributed by atoms with E-state index in [9.17, 15) is 4.79 Å². The van der Waals surface area contributed by atoms with Crippen molar-refractivity contribution in [2.75, 3.05) is 13.2 Å². The second-order valence-corrected chi connectivity index (χ2v) is 4.95. The Bertz CT molecular complexity index is 603. The van der Waals surface area contributed by atoms with Crippen LogP contribution < -0.4 is 5.32 Å². The van der Waals surface area contributed by atoms with Crippen molar-refractivity contribution in [3.05, 3.63) is 47.8 Å². The fraction of sp³-hybridized carbons (Fsp3) is 0.357. The Morgan fingerprint density at radius 2 is 2.35 bits per heavy atom. The van der Waals surface area contributed by atoms with Crippen molar-refractivity contribution in [1.82, 2.24) is 20.3 Å². The smallest absolute Gasteiger partial charge is 0.271 e. The first-order valence-corrected chi connectivity index (χ1v) is 6.53. The first-order valence-electron chi connectivity index (χ1n) is 6.53.